The lowest BCUT2D eigenvalue weighted by molar-refractivity contribution is -0.0298. The number of aliphatic hydroxyl groups is 1. The largest absolute Gasteiger partial charge is 0.409 e. The highest BCUT2D eigenvalue weighted by molar-refractivity contribution is 5.82. The molecule has 0 amide bonds. The number of morpholine rings is 1. The lowest BCUT2D eigenvalue weighted by Gasteiger charge is -2.35. The summed E-state index contributed by atoms with van der Waals surface area (Å²) < 4.78 is 5.26. The highest BCUT2D eigenvalue weighted by atomic mass is 16.5. The third-order valence-corrected chi connectivity index (χ3v) is 2.69. The molecule has 6 nitrogen and oxygen atoms in total. The van der Waals surface area contributed by atoms with Crippen molar-refractivity contribution in [3.63, 3.8) is 0 Å². The molecule has 1 aliphatic rings. The van der Waals surface area contributed by atoms with Crippen molar-refractivity contribution in [2.45, 2.75) is 13.0 Å². The molecule has 0 aromatic rings. The minimum atomic E-state index is -0.0258. The lowest BCUT2D eigenvalue weighted by Crippen LogP contribution is -2.50. The van der Waals surface area contributed by atoms with E-state index in [9.17, 15) is 0 Å². The summed E-state index contributed by atoms with van der Waals surface area (Å²) in [4.78, 5) is 2.10. The molecule has 1 heterocycles. The molecule has 0 saturated carbocycles. The van der Waals surface area contributed by atoms with Crippen molar-refractivity contribution >= 4 is 5.84 Å². The average molecular weight is 217 g/mol. The third-order valence-electron chi connectivity index (χ3n) is 2.69. The monoisotopic (exact) mass is 217 g/mol. The van der Waals surface area contributed by atoms with E-state index in [-0.39, 0.29) is 24.4 Å². The van der Waals surface area contributed by atoms with Crippen LogP contribution in [0.3, 0.4) is 0 Å². The summed E-state index contributed by atoms with van der Waals surface area (Å²) in [5, 5.41) is 20.6. The second-order valence-electron chi connectivity index (χ2n) is 3.83. The molecule has 1 fully saturated rings. The summed E-state index contributed by atoms with van der Waals surface area (Å²) in [6.45, 7) is 4.61. The van der Waals surface area contributed by atoms with Gasteiger partial charge in [0.05, 0.1) is 25.9 Å². The number of oxime groups is 1. The molecule has 88 valence electrons. The molecule has 0 aromatic carbocycles. The van der Waals surface area contributed by atoms with Crippen LogP contribution in [-0.4, -0.2) is 60.0 Å². The Labute approximate surface area is 89.3 Å². The first kappa shape index (κ1) is 12.2. The normalized spacial score (nSPS) is 26.5. The minimum Gasteiger partial charge on any atom is -0.409 e. The van der Waals surface area contributed by atoms with Gasteiger partial charge in [-0.2, -0.15) is 0 Å². The lowest BCUT2D eigenvalue weighted by atomic mass is 10.1. The summed E-state index contributed by atoms with van der Waals surface area (Å²) in [6, 6.07) is 0.0210. The Bertz CT molecular complexity index is 223. The first-order chi connectivity index (χ1) is 7.19. The number of nitrogens with two attached hydrogens (primary N) is 1. The summed E-state index contributed by atoms with van der Waals surface area (Å²) in [5.74, 6) is 0.195. The summed E-state index contributed by atoms with van der Waals surface area (Å²) in [7, 11) is 0. The van der Waals surface area contributed by atoms with E-state index in [1.165, 1.54) is 0 Å². The van der Waals surface area contributed by atoms with Crippen LogP contribution >= 0.6 is 0 Å². The van der Waals surface area contributed by atoms with Gasteiger partial charge in [-0.3, -0.25) is 4.90 Å². The van der Waals surface area contributed by atoms with E-state index < -0.39 is 0 Å². The molecule has 0 radical (unpaired) electrons. The van der Waals surface area contributed by atoms with Gasteiger partial charge in [0.25, 0.3) is 0 Å². The number of rotatable bonds is 4. The molecule has 4 N–H and O–H groups in total. The van der Waals surface area contributed by atoms with Crippen molar-refractivity contribution in [1.82, 2.24) is 4.90 Å². The van der Waals surface area contributed by atoms with Crippen LogP contribution in [-0.2, 0) is 4.74 Å². The second-order valence-corrected chi connectivity index (χ2v) is 3.83. The van der Waals surface area contributed by atoms with Gasteiger partial charge in [0.15, 0.2) is 0 Å². The van der Waals surface area contributed by atoms with Crippen molar-refractivity contribution in [2.75, 3.05) is 32.9 Å². The van der Waals surface area contributed by atoms with Crippen LogP contribution in [0.2, 0.25) is 0 Å². The fourth-order valence-electron chi connectivity index (χ4n) is 1.64. The van der Waals surface area contributed by atoms with Crippen LogP contribution in [0.25, 0.3) is 0 Å². The Hall–Kier alpha value is -0.850. The summed E-state index contributed by atoms with van der Waals surface area (Å²) >= 11 is 0. The highest BCUT2D eigenvalue weighted by Crippen LogP contribution is 2.09. The minimum absolute atomic E-state index is 0.0210. The van der Waals surface area contributed by atoms with Gasteiger partial charge in [0.1, 0.15) is 5.84 Å². The first-order valence-electron chi connectivity index (χ1n) is 5.09. The maximum Gasteiger partial charge on any atom is 0.143 e. The van der Waals surface area contributed by atoms with Crippen LogP contribution in [0.5, 0.6) is 0 Å². The number of amidine groups is 1. The second kappa shape index (κ2) is 5.89. The van der Waals surface area contributed by atoms with Crippen molar-refractivity contribution in [1.29, 1.82) is 0 Å². The van der Waals surface area contributed by atoms with Crippen molar-refractivity contribution in [3.05, 3.63) is 0 Å². The summed E-state index contributed by atoms with van der Waals surface area (Å²) in [6.07, 6.45) is 0. The topological polar surface area (TPSA) is 91.3 Å². The molecule has 0 spiro atoms. The van der Waals surface area contributed by atoms with Gasteiger partial charge in [-0.05, 0) is 0 Å². The van der Waals surface area contributed by atoms with Crippen molar-refractivity contribution < 1.29 is 15.1 Å². The van der Waals surface area contributed by atoms with Gasteiger partial charge in [-0.1, -0.05) is 12.1 Å². The molecule has 1 aliphatic heterocycles. The van der Waals surface area contributed by atoms with E-state index in [1.54, 1.807) is 0 Å². The van der Waals surface area contributed by atoms with Gasteiger partial charge < -0.3 is 20.8 Å². The Morgan fingerprint density at radius 2 is 2.47 bits per heavy atom. The molecule has 15 heavy (non-hydrogen) atoms. The zero-order valence-corrected chi connectivity index (χ0v) is 8.96. The van der Waals surface area contributed by atoms with Gasteiger partial charge in [0.2, 0.25) is 0 Å². The van der Waals surface area contributed by atoms with Crippen LogP contribution in [0, 0.1) is 5.92 Å². The third kappa shape index (κ3) is 3.33. The Balaban J connectivity index is 2.47. The fraction of sp³-hybridized carbons (Fsp3) is 0.889. The molecule has 0 aromatic heterocycles. The quantitative estimate of drug-likeness (QED) is 0.245. The zero-order chi connectivity index (χ0) is 11.3. The Morgan fingerprint density at radius 3 is 3.07 bits per heavy atom. The maximum absolute atomic E-state index is 9.14. The number of hydrogen-bond acceptors (Lipinski definition) is 5. The number of hydrogen-bond donors (Lipinski definition) is 3. The van der Waals surface area contributed by atoms with Gasteiger partial charge in [0, 0.05) is 19.0 Å². The standard InChI is InChI=1S/C9H19N3O3/c1-7(9(10)11-14)4-12-2-3-15-6-8(12)5-13/h7-8,13-14H,2-6H2,1H3,(H2,10,11). The van der Waals surface area contributed by atoms with E-state index in [2.05, 4.69) is 10.1 Å². The van der Waals surface area contributed by atoms with Crippen LogP contribution in [0.4, 0.5) is 0 Å². The van der Waals surface area contributed by atoms with E-state index in [0.29, 0.717) is 19.8 Å². The Morgan fingerprint density at radius 1 is 1.73 bits per heavy atom. The molecule has 2 unspecified atom stereocenters. The van der Waals surface area contributed by atoms with E-state index in [1.807, 2.05) is 6.92 Å². The molecule has 1 rings (SSSR count). The molecular formula is C9H19N3O3. The van der Waals surface area contributed by atoms with E-state index in [0.717, 1.165) is 6.54 Å². The number of ether oxygens (including phenoxy) is 1. The molecule has 0 bridgehead atoms. The molecule has 1 saturated heterocycles. The van der Waals surface area contributed by atoms with Gasteiger partial charge in [-0.15, -0.1) is 0 Å². The number of aliphatic hydroxyl groups excluding tert-OH is 1. The smallest absolute Gasteiger partial charge is 0.143 e. The zero-order valence-electron chi connectivity index (χ0n) is 8.96. The molecule has 2 atom stereocenters. The van der Waals surface area contributed by atoms with E-state index >= 15 is 0 Å². The fourth-order valence-corrected chi connectivity index (χ4v) is 1.64. The molecule has 0 aliphatic carbocycles. The predicted molar refractivity (Wildman–Crippen MR) is 55.8 cm³/mol. The van der Waals surface area contributed by atoms with Gasteiger partial charge >= 0.3 is 0 Å². The Kier molecular flexibility index (Phi) is 4.80. The average Bonchev–Trinajstić information content (AvgIpc) is 2.28. The molecular weight excluding hydrogens is 198 g/mol. The maximum atomic E-state index is 9.14. The van der Waals surface area contributed by atoms with Crippen molar-refractivity contribution in [2.24, 2.45) is 16.8 Å². The van der Waals surface area contributed by atoms with E-state index in [4.69, 9.17) is 20.8 Å². The van der Waals surface area contributed by atoms with Crippen LogP contribution < -0.4 is 5.73 Å². The first-order valence-corrected chi connectivity index (χ1v) is 5.09. The summed E-state index contributed by atoms with van der Waals surface area (Å²) in [5.41, 5.74) is 5.50. The molecule has 6 heteroatoms. The SMILES string of the molecule is CC(CN1CCOCC1CO)C(N)=NO. The highest BCUT2D eigenvalue weighted by Gasteiger charge is 2.24. The number of nitrogens with zero attached hydrogens (tertiary/aromatic N) is 2. The van der Waals surface area contributed by atoms with Crippen molar-refractivity contribution in [3.8, 4) is 0 Å². The predicted octanol–water partition coefficient (Wildman–Crippen LogP) is -0.938. The van der Waals surface area contributed by atoms with Crippen LogP contribution in [0.1, 0.15) is 6.92 Å². The van der Waals surface area contributed by atoms with Gasteiger partial charge in [-0.25, -0.2) is 0 Å². The van der Waals surface area contributed by atoms with Crippen LogP contribution in [0.15, 0.2) is 5.16 Å².